The molecule has 1 aromatic carbocycles. The molecule has 32 heavy (non-hydrogen) atoms. The molecular formula is C21H28ClF2N5O2S. The number of hydrogen-bond acceptors (Lipinski definition) is 6. The van der Waals surface area contributed by atoms with Crippen molar-refractivity contribution in [1.29, 1.82) is 0 Å². The Morgan fingerprint density at radius 1 is 1.16 bits per heavy atom. The average molecular weight is 488 g/mol. The molecule has 0 unspecified atom stereocenters. The van der Waals surface area contributed by atoms with E-state index in [1.807, 2.05) is 4.72 Å². The molecule has 1 aliphatic rings. The summed E-state index contributed by atoms with van der Waals surface area (Å²) >= 11 is 6.17. The summed E-state index contributed by atoms with van der Waals surface area (Å²) in [6, 6.07) is 6.28. The van der Waals surface area contributed by atoms with Gasteiger partial charge in [-0.15, -0.1) is 0 Å². The van der Waals surface area contributed by atoms with Gasteiger partial charge in [0.15, 0.2) is 0 Å². The predicted molar refractivity (Wildman–Crippen MR) is 123 cm³/mol. The summed E-state index contributed by atoms with van der Waals surface area (Å²) in [6.07, 6.45) is 5.37. The zero-order chi connectivity index (χ0) is 23.0. The van der Waals surface area contributed by atoms with Crippen molar-refractivity contribution in [2.24, 2.45) is 0 Å². The number of pyridine rings is 1. The van der Waals surface area contributed by atoms with Crippen molar-refractivity contribution in [1.82, 2.24) is 15.6 Å². The van der Waals surface area contributed by atoms with Crippen molar-refractivity contribution >= 4 is 33.1 Å². The number of anilines is 2. The Hall–Kier alpha value is -2.01. The van der Waals surface area contributed by atoms with Crippen LogP contribution < -0.4 is 20.7 Å². The molecule has 0 amide bonds. The van der Waals surface area contributed by atoms with Crippen LogP contribution in [-0.4, -0.2) is 45.6 Å². The molecule has 0 saturated carbocycles. The van der Waals surface area contributed by atoms with Gasteiger partial charge >= 0.3 is 0 Å². The van der Waals surface area contributed by atoms with E-state index in [0.717, 1.165) is 57.1 Å². The highest BCUT2D eigenvalue weighted by molar-refractivity contribution is 7.92. The summed E-state index contributed by atoms with van der Waals surface area (Å²) in [6.45, 7) is 3.63. The number of nitrogens with one attached hydrogen (secondary N) is 4. The SMILES string of the molecule is O=S(=O)(Nc1cccc(F)n1)c1cc(Cl)c(NCCCCCNC[C@@H]2CCCN2)cc1F. The standard InChI is InChI=1S/C21H28ClF2N5O2S/c22-16-12-19(32(30,31)29-21-8-4-7-20(24)28-21)17(23)13-18(16)27-10-3-1-2-9-25-14-15-6-5-11-26-15/h4,7-8,12-13,15,25-27H,1-3,5-6,9-11,14H2,(H,28,29)/t15-/m0/s1. The van der Waals surface area contributed by atoms with Crippen LogP contribution in [0.3, 0.4) is 0 Å². The van der Waals surface area contributed by atoms with Crippen LogP contribution in [0.4, 0.5) is 20.3 Å². The maximum atomic E-state index is 14.5. The van der Waals surface area contributed by atoms with Gasteiger partial charge in [0, 0.05) is 19.1 Å². The normalized spacial score (nSPS) is 16.3. The first kappa shape index (κ1) is 24.6. The highest BCUT2D eigenvalue weighted by Crippen LogP contribution is 2.29. The van der Waals surface area contributed by atoms with Crippen molar-refractivity contribution < 1.29 is 17.2 Å². The molecule has 3 rings (SSSR count). The first-order valence-corrected chi connectivity index (χ1v) is 12.5. The molecule has 2 aromatic rings. The van der Waals surface area contributed by atoms with E-state index in [0.29, 0.717) is 18.3 Å². The fourth-order valence-corrected chi connectivity index (χ4v) is 4.89. The summed E-state index contributed by atoms with van der Waals surface area (Å²) in [4.78, 5) is 2.78. The molecule has 0 bridgehead atoms. The van der Waals surface area contributed by atoms with Crippen LogP contribution in [0, 0.1) is 11.8 Å². The van der Waals surface area contributed by atoms with Gasteiger partial charge in [0.05, 0.1) is 10.7 Å². The van der Waals surface area contributed by atoms with Gasteiger partial charge in [0.2, 0.25) is 5.95 Å². The first-order valence-electron chi connectivity index (χ1n) is 10.7. The summed E-state index contributed by atoms with van der Waals surface area (Å²) in [7, 11) is -4.32. The second-order valence-corrected chi connectivity index (χ2v) is 9.76. The fraction of sp³-hybridized carbons (Fsp3) is 0.476. The Bertz CT molecular complexity index is 1000. The van der Waals surface area contributed by atoms with Crippen LogP contribution in [0.2, 0.25) is 5.02 Å². The summed E-state index contributed by atoms with van der Waals surface area (Å²) in [5.74, 6) is -2.08. The van der Waals surface area contributed by atoms with Gasteiger partial charge in [-0.3, -0.25) is 4.72 Å². The van der Waals surface area contributed by atoms with E-state index in [1.54, 1.807) is 0 Å². The Morgan fingerprint density at radius 3 is 2.72 bits per heavy atom. The zero-order valence-electron chi connectivity index (χ0n) is 17.6. The lowest BCUT2D eigenvalue weighted by atomic mass is 10.2. The lowest BCUT2D eigenvalue weighted by molar-refractivity contribution is 0.521. The topological polar surface area (TPSA) is 95.2 Å². The maximum Gasteiger partial charge on any atom is 0.266 e. The third-order valence-electron chi connectivity index (χ3n) is 5.16. The summed E-state index contributed by atoms with van der Waals surface area (Å²) in [5, 5.41) is 10.0. The number of rotatable bonds is 12. The minimum absolute atomic E-state index is 0.0738. The van der Waals surface area contributed by atoms with Crippen molar-refractivity contribution in [3.63, 3.8) is 0 Å². The third-order valence-corrected chi connectivity index (χ3v) is 6.85. The molecule has 1 aromatic heterocycles. The molecule has 4 N–H and O–H groups in total. The summed E-state index contributed by atoms with van der Waals surface area (Å²) < 4.78 is 54.7. The molecule has 1 atom stereocenters. The largest absolute Gasteiger partial charge is 0.384 e. The van der Waals surface area contributed by atoms with Gasteiger partial charge in [0.25, 0.3) is 10.0 Å². The summed E-state index contributed by atoms with van der Waals surface area (Å²) in [5.41, 5.74) is 0.317. The molecular weight excluding hydrogens is 460 g/mol. The van der Waals surface area contributed by atoms with E-state index in [4.69, 9.17) is 11.6 Å². The number of benzene rings is 1. The highest BCUT2D eigenvalue weighted by atomic mass is 35.5. The Kier molecular flexibility index (Phi) is 9.03. The molecule has 1 fully saturated rings. The Morgan fingerprint density at radius 2 is 1.97 bits per heavy atom. The third kappa shape index (κ3) is 7.26. The van der Waals surface area contributed by atoms with Crippen molar-refractivity contribution in [3.8, 4) is 0 Å². The molecule has 11 heteroatoms. The molecule has 0 aliphatic carbocycles. The number of hydrogen-bond donors (Lipinski definition) is 4. The van der Waals surface area contributed by atoms with E-state index in [-0.39, 0.29) is 10.8 Å². The molecule has 0 spiro atoms. The monoisotopic (exact) mass is 487 g/mol. The van der Waals surface area contributed by atoms with Gasteiger partial charge in [-0.1, -0.05) is 24.1 Å². The van der Waals surface area contributed by atoms with Gasteiger partial charge in [-0.2, -0.15) is 4.39 Å². The molecule has 1 saturated heterocycles. The minimum atomic E-state index is -4.32. The van der Waals surface area contributed by atoms with Crippen LogP contribution in [0.1, 0.15) is 32.1 Å². The smallest absolute Gasteiger partial charge is 0.266 e. The van der Waals surface area contributed by atoms with E-state index < -0.39 is 26.7 Å². The maximum absolute atomic E-state index is 14.5. The lowest BCUT2D eigenvalue weighted by Gasteiger charge is -2.13. The molecule has 176 valence electrons. The second-order valence-electron chi connectivity index (χ2n) is 7.70. The average Bonchev–Trinajstić information content (AvgIpc) is 3.25. The van der Waals surface area contributed by atoms with E-state index in [9.17, 15) is 17.2 Å². The van der Waals surface area contributed by atoms with E-state index in [2.05, 4.69) is 20.9 Å². The van der Waals surface area contributed by atoms with Crippen molar-refractivity contribution in [2.45, 2.75) is 43.0 Å². The van der Waals surface area contributed by atoms with Gasteiger partial charge in [-0.25, -0.2) is 17.8 Å². The first-order chi connectivity index (χ1) is 15.3. The van der Waals surface area contributed by atoms with Crippen LogP contribution in [0.15, 0.2) is 35.2 Å². The number of nitrogens with zero attached hydrogens (tertiary/aromatic N) is 1. The van der Waals surface area contributed by atoms with Crippen LogP contribution in [0.5, 0.6) is 0 Å². The quantitative estimate of drug-likeness (QED) is 0.269. The van der Waals surface area contributed by atoms with Crippen molar-refractivity contribution in [2.75, 3.05) is 36.2 Å². The zero-order valence-corrected chi connectivity index (χ0v) is 19.2. The number of halogens is 3. The Labute approximate surface area is 192 Å². The van der Waals surface area contributed by atoms with E-state index in [1.165, 1.54) is 25.0 Å². The lowest BCUT2D eigenvalue weighted by Crippen LogP contribution is -2.34. The highest BCUT2D eigenvalue weighted by Gasteiger charge is 2.22. The second kappa shape index (κ2) is 11.7. The Balaban J connectivity index is 1.45. The van der Waals surface area contributed by atoms with Crippen molar-refractivity contribution in [3.05, 3.63) is 47.1 Å². The van der Waals surface area contributed by atoms with E-state index >= 15 is 0 Å². The van der Waals surface area contributed by atoms with Gasteiger partial charge in [-0.05, 0) is 63.0 Å². The molecule has 0 radical (unpaired) electrons. The molecule has 2 heterocycles. The molecule has 7 nitrogen and oxygen atoms in total. The number of aromatic nitrogens is 1. The number of unbranched alkanes of at least 4 members (excludes halogenated alkanes) is 2. The van der Waals surface area contributed by atoms with Gasteiger partial charge < -0.3 is 16.0 Å². The molecule has 1 aliphatic heterocycles. The minimum Gasteiger partial charge on any atom is -0.384 e. The number of sulfonamides is 1. The van der Waals surface area contributed by atoms with Crippen LogP contribution in [0.25, 0.3) is 0 Å². The van der Waals surface area contributed by atoms with Gasteiger partial charge in [0.1, 0.15) is 16.5 Å². The van der Waals surface area contributed by atoms with Crippen LogP contribution in [-0.2, 0) is 10.0 Å². The fourth-order valence-electron chi connectivity index (χ4n) is 3.51. The van der Waals surface area contributed by atoms with Crippen LogP contribution >= 0.6 is 11.6 Å². The predicted octanol–water partition coefficient (Wildman–Crippen LogP) is 3.74.